The Hall–Kier alpha value is -1.85. The first-order chi connectivity index (χ1) is 9.95. The molecule has 2 aromatic carbocycles. The third kappa shape index (κ3) is 4.31. The Labute approximate surface area is 135 Å². The minimum Gasteiger partial charge on any atom is -0.318 e. The molecule has 0 unspecified atom stereocenters. The van der Waals surface area contributed by atoms with Crippen LogP contribution in [0.15, 0.2) is 46.9 Å². The van der Waals surface area contributed by atoms with Crippen molar-refractivity contribution in [2.24, 2.45) is 0 Å². The Balaban J connectivity index is 2.02. The molecule has 21 heavy (non-hydrogen) atoms. The van der Waals surface area contributed by atoms with Crippen molar-refractivity contribution in [3.05, 3.63) is 57.5 Å². The summed E-state index contributed by atoms with van der Waals surface area (Å²) in [5, 5.41) is 5.54. The number of benzene rings is 2. The molecule has 0 aliphatic rings. The number of hydrogen-bond acceptors (Lipinski definition) is 2. The van der Waals surface area contributed by atoms with Crippen LogP contribution >= 0.6 is 27.5 Å². The van der Waals surface area contributed by atoms with Gasteiger partial charge in [0.2, 0.25) is 0 Å². The molecule has 0 aliphatic heterocycles. The predicted molar refractivity (Wildman–Crippen MR) is 87.6 cm³/mol. The summed E-state index contributed by atoms with van der Waals surface area (Å²) in [6.45, 7) is 1.86. The zero-order valence-electron chi connectivity index (χ0n) is 11.1. The fourth-order valence-corrected chi connectivity index (χ4v) is 2.19. The SMILES string of the molecule is Cc1ccc(NC(=O)C(=O)Nc2cccc(Br)c2)cc1Cl. The topological polar surface area (TPSA) is 58.2 Å². The first kappa shape index (κ1) is 15.5. The molecule has 0 atom stereocenters. The Morgan fingerprint density at radius 1 is 1.00 bits per heavy atom. The summed E-state index contributed by atoms with van der Waals surface area (Å²) < 4.78 is 0.811. The maximum atomic E-state index is 11.8. The van der Waals surface area contributed by atoms with Gasteiger partial charge in [-0.2, -0.15) is 0 Å². The molecule has 108 valence electrons. The van der Waals surface area contributed by atoms with Gasteiger partial charge in [0.1, 0.15) is 0 Å². The highest BCUT2D eigenvalue weighted by atomic mass is 79.9. The first-order valence-corrected chi connectivity index (χ1v) is 7.27. The fraction of sp³-hybridized carbons (Fsp3) is 0.0667. The van der Waals surface area contributed by atoms with Crippen LogP contribution in [0.5, 0.6) is 0 Å². The van der Waals surface area contributed by atoms with E-state index >= 15 is 0 Å². The third-order valence-corrected chi connectivity index (χ3v) is 3.62. The lowest BCUT2D eigenvalue weighted by atomic mass is 10.2. The summed E-state index contributed by atoms with van der Waals surface area (Å²) in [5.74, 6) is -1.50. The first-order valence-electron chi connectivity index (χ1n) is 6.10. The van der Waals surface area contributed by atoms with E-state index in [9.17, 15) is 9.59 Å². The number of rotatable bonds is 2. The molecule has 0 aromatic heterocycles. The van der Waals surface area contributed by atoms with Crippen molar-refractivity contribution in [3.8, 4) is 0 Å². The Morgan fingerprint density at radius 3 is 2.19 bits per heavy atom. The van der Waals surface area contributed by atoms with E-state index in [0.717, 1.165) is 10.0 Å². The van der Waals surface area contributed by atoms with Crippen molar-refractivity contribution >= 4 is 50.7 Å². The number of aryl methyl sites for hydroxylation is 1. The van der Waals surface area contributed by atoms with Crippen molar-refractivity contribution < 1.29 is 9.59 Å². The minimum absolute atomic E-state index is 0.472. The minimum atomic E-state index is -0.755. The summed E-state index contributed by atoms with van der Waals surface area (Å²) in [6, 6.07) is 12.0. The van der Waals surface area contributed by atoms with E-state index in [1.807, 2.05) is 13.0 Å². The molecule has 2 aromatic rings. The van der Waals surface area contributed by atoms with Crippen LogP contribution in [0.2, 0.25) is 5.02 Å². The van der Waals surface area contributed by atoms with E-state index in [0.29, 0.717) is 16.4 Å². The molecule has 0 aliphatic carbocycles. The van der Waals surface area contributed by atoms with Gasteiger partial charge in [-0.25, -0.2) is 0 Å². The van der Waals surface area contributed by atoms with Gasteiger partial charge in [0.25, 0.3) is 0 Å². The molecule has 0 spiro atoms. The van der Waals surface area contributed by atoms with Crippen LogP contribution in [0, 0.1) is 6.92 Å². The summed E-state index contributed by atoms with van der Waals surface area (Å²) in [4.78, 5) is 23.6. The van der Waals surface area contributed by atoms with Gasteiger partial charge in [-0.15, -0.1) is 0 Å². The lowest BCUT2D eigenvalue weighted by Crippen LogP contribution is -2.29. The number of halogens is 2. The largest absolute Gasteiger partial charge is 0.318 e. The van der Waals surface area contributed by atoms with Gasteiger partial charge in [-0.3, -0.25) is 9.59 Å². The maximum absolute atomic E-state index is 11.8. The van der Waals surface area contributed by atoms with Crippen LogP contribution in [-0.4, -0.2) is 11.8 Å². The highest BCUT2D eigenvalue weighted by Gasteiger charge is 2.14. The standard InChI is InChI=1S/C15H12BrClN2O2/c1-9-5-6-12(8-13(9)17)19-15(21)14(20)18-11-4-2-3-10(16)7-11/h2-8H,1H3,(H,18,20)(H,19,21). The number of carbonyl (C=O) groups excluding carboxylic acids is 2. The average molecular weight is 368 g/mol. The molecular formula is C15H12BrClN2O2. The van der Waals surface area contributed by atoms with Crippen LogP contribution in [0.25, 0.3) is 0 Å². The molecule has 2 rings (SSSR count). The summed E-state index contributed by atoms with van der Waals surface area (Å²) in [6.07, 6.45) is 0. The highest BCUT2D eigenvalue weighted by molar-refractivity contribution is 9.10. The molecule has 4 nitrogen and oxygen atoms in total. The molecule has 0 fully saturated rings. The smallest absolute Gasteiger partial charge is 0.314 e. The highest BCUT2D eigenvalue weighted by Crippen LogP contribution is 2.20. The van der Waals surface area contributed by atoms with Crippen LogP contribution in [0.4, 0.5) is 11.4 Å². The van der Waals surface area contributed by atoms with E-state index in [4.69, 9.17) is 11.6 Å². The zero-order valence-corrected chi connectivity index (χ0v) is 13.5. The second kappa shape index (κ2) is 6.74. The van der Waals surface area contributed by atoms with Crippen molar-refractivity contribution in [3.63, 3.8) is 0 Å². The van der Waals surface area contributed by atoms with E-state index < -0.39 is 11.8 Å². The van der Waals surface area contributed by atoms with E-state index in [-0.39, 0.29) is 0 Å². The van der Waals surface area contributed by atoms with E-state index in [2.05, 4.69) is 26.6 Å². The van der Waals surface area contributed by atoms with Gasteiger partial charge in [0.15, 0.2) is 0 Å². The fourth-order valence-electron chi connectivity index (χ4n) is 1.61. The van der Waals surface area contributed by atoms with Crippen molar-refractivity contribution in [1.29, 1.82) is 0 Å². The predicted octanol–water partition coefficient (Wildman–Crippen LogP) is 3.99. The Kier molecular flexibility index (Phi) is 4.98. The molecule has 0 saturated carbocycles. The van der Waals surface area contributed by atoms with Crippen LogP contribution in [0.3, 0.4) is 0 Å². The van der Waals surface area contributed by atoms with Crippen LogP contribution in [-0.2, 0) is 9.59 Å². The summed E-state index contributed by atoms with van der Waals surface area (Å²) in [7, 11) is 0. The van der Waals surface area contributed by atoms with Gasteiger partial charge in [0.05, 0.1) is 0 Å². The van der Waals surface area contributed by atoms with Gasteiger partial charge < -0.3 is 10.6 Å². The normalized spacial score (nSPS) is 10.0. The number of nitrogens with one attached hydrogen (secondary N) is 2. The van der Waals surface area contributed by atoms with Crippen LogP contribution in [0.1, 0.15) is 5.56 Å². The molecular weight excluding hydrogens is 356 g/mol. The Morgan fingerprint density at radius 2 is 1.62 bits per heavy atom. The lowest BCUT2D eigenvalue weighted by Gasteiger charge is -2.08. The zero-order chi connectivity index (χ0) is 15.4. The Bertz CT molecular complexity index is 704. The van der Waals surface area contributed by atoms with Gasteiger partial charge in [-0.1, -0.05) is 39.7 Å². The molecule has 0 bridgehead atoms. The second-order valence-electron chi connectivity index (χ2n) is 4.38. The molecule has 0 heterocycles. The molecule has 6 heteroatoms. The molecule has 2 N–H and O–H groups in total. The number of anilines is 2. The van der Waals surface area contributed by atoms with Crippen LogP contribution < -0.4 is 10.6 Å². The van der Waals surface area contributed by atoms with E-state index in [1.54, 1.807) is 36.4 Å². The van der Waals surface area contributed by atoms with E-state index in [1.165, 1.54) is 0 Å². The molecule has 0 saturated heterocycles. The van der Waals surface area contributed by atoms with Gasteiger partial charge >= 0.3 is 11.8 Å². The van der Waals surface area contributed by atoms with Crippen molar-refractivity contribution in [1.82, 2.24) is 0 Å². The number of carbonyl (C=O) groups is 2. The van der Waals surface area contributed by atoms with Crippen molar-refractivity contribution in [2.75, 3.05) is 10.6 Å². The summed E-state index contributed by atoms with van der Waals surface area (Å²) >= 11 is 9.26. The third-order valence-electron chi connectivity index (χ3n) is 2.72. The molecule has 0 radical (unpaired) electrons. The lowest BCUT2D eigenvalue weighted by molar-refractivity contribution is -0.132. The molecule has 2 amide bonds. The van der Waals surface area contributed by atoms with Gasteiger partial charge in [0, 0.05) is 20.9 Å². The average Bonchev–Trinajstić information content (AvgIpc) is 2.43. The van der Waals surface area contributed by atoms with Gasteiger partial charge in [-0.05, 0) is 42.8 Å². The second-order valence-corrected chi connectivity index (χ2v) is 5.71. The quantitative estimate of drug-likeness (QED) is 0.789. The summed E-state index contributed by atoms with van der Waals surface area (Å²) in [5.41, 5.74) is 1.90. The monoisotopic (exact) mass is 366 g/mol. The number of amides is 2. The number of hydrogen-bond donors (Lipinski definition) is 2. The van der Waals surface area contributed by atoms with Crippen molar-refractivity contribution in [2.45, 2.75) is 6.92 Å². The maximum Gasteiger partial charge on any atom is 0.314 e.